The van der Waals surface area contributed by atoms with E-state index in [9.17, 15) is 4.79 Å². The van der Waals surface area contributed by atoms with Crippen molar-refractivity contribution >= 4 is 17.4 Å². The maximum Gasteiger partial charge on any atom is 0.200 e. The number of aromatic amines is 1. The molecule has 0 atom stereocenters. The Bertz CT molecular complexity index is 267. The van der Waals surface area contributed by atoms with Crippen molar-refractivity contribution in [3.05, 3.63) is 16.7 Å². The van der Waals surface area contributed by atoms with Gasteiger partial charge in [-0.1, -0.05) is 0 Å². The Morgan fingerprint density at radius 2 is 2.30 bits per heavy atom. The van der Waals surface area contributed by atoms with Crippen LogP contribution < -0.4 is 0 Å². The van der Waals surface area contributed by atoms with Gasteiger partial charge in [0.1, 0.15) is 5.69 Å². The van der Waals surface area contributed by atoms with Crippen molar-refractivity contribution in [3.8, 4) is 0 Å². The number of nitrogens with zero attached hydrogens (tertiary/aromatic N) is 1. The molecule has 0 saturated carbocycles. The summed E-state index contributed by atoms with van der Waals surface area (Å²) in [4.78, 5) is 17.2. The van der Waals surface area contributed by atoms with Crippen LogP contribution in [-0.2, 0) is 0 Å². The minimum Gasteiger partial charge on any atom is -0.332 e. The molecule has 3 nitrogen and oxygen atoms in total. The number of carbonyl (C=O) groups excluding carboxylic acids is 1. The summed E-state index contributed by atoms with van der Waals surface area (Å²) in [6.45, 7) is 3.22. The molecule has 0 radical (unpaired) electrons. The summed E-state index contributed by atoms with van der Waals surface area (Å²) in [5, 5.41) is 0.266. The fourth-order valence-corrected chi connectivity index (χ4v) is 0.993. The zero-order valence-corrected chi connectivity index (χ0v) is 6.49. The summed E-state index contributed by atoms with van der Waals surface area (Å²) in [5.41, 5.74) is 1.14. The number of aromatic nitrogens is 2. The molecule has 0 amide bonds. The number of nitrogens with one attached hydrogen (secondary N) is 1. The zero-order valence-electron chi connectivity index (χ0n) is 5.73. The van der Waals surface area contributed by atoms with E-state index in [-0.39, 0.29) is 11.1 Å². The molecule has 1 rings (SSSR count). The number of H-pyrrole nitrogens is 1. The Morgan fingerprint density at radius 1 is 1.70 bits per heavy atom. The molecule has 0 aromatic carbocycles. The number of hydrogen-bond donors (Lipinski definition) is 1. The molecule has 1 aromatic heterocycles. The van der Waals surface area contributed by atoms with Gasteiger partial charge in [-0.25, -0.2) is 4.98 Å². The highest BCUT2D eigenvalue weighted by atomic mass is 35.5. The SMILES string of the molecule is CC(=O)c1nc(Cl)[nH]c1C. The largest absolute Gasteiger partial charge is 0.332 e. The van der Waals surface area contributed by atoms with Crippen molar-refractivity contribution in [2.24, 2.45) is 0 Å². The van der Waals surface area contributed by atoms with E-state index in [1.807, 2.05) is 0 Å². The first kappa shape index (κ1) is 7.28. The van der Waals surface area contributed by atoms with Gasteiger partial charge in [-0.15, -0.1) is 0 Å². The first-order valence-electron chi connectivity index (χ1n) is 2.84. The number of halogens is 1. The molecule has 4 heteroatoms. The second-order valence-electron chi connectivity index (χ2n) is 2.06. The lowest BCUT2D eigenvalue weighted by atomic mass is 10.3. The Kier molecular flexibility index (Phi) is 1.76. The number of aryl methyl sites for hydroxylation is 1. The first-order valence-corrected chi connectivity index (χ1v) is 3.22. The molecule has 0 aliphatic heterocycles. The number of hydrogen-bond acceptors (Lipinski definition) is 2. The van der Waals surface area contributed by atoms with Crippen LogP contribution in [0.3, 0.4) is 0 Å². The van der Waals surface area contributed by atoms with Gasteiger partial charge >= 0.3 is 0 Å². The van der Waals surface area contributed by atoms with Crippen molar-refractivity contribution in [2.75, 3.05) is 0 Å². The van der Waals surface area contributed by atoms with Crippen LogP contribution in [-0.4, -0.2) is 15.8 Å². The second-order valence-corrected chi connectivity index (χ2v) is 2.42. The summed E-state index contributed by atoms with van der Waals surface area (Å²) in [5.74, 6) is -0.0688. The van der Waals surface area contributed by atoms with Crippen molar-refractivity contribution in [1.29, 1.82) is 0 Å². The molecule has 0 spiro atoms. The smallest absolute Gasteiger partial charge is 0.200 e. The first-order chi connectivity index (χ1) is 4.61. The molecular formula is C6H7ClN2O. The van der Waals surface area contributed by atoms with Gasteiger partial charge in [0.05, 0.1) is 0 Å². The van der Waals surface area contributed by atoms with Gasteiger partial charge in [0.15, 0.2) is 5.78 Å². The number of rotatable bonds is 1. The monoisotopic (exact) mass is 158 g/mol. The number of Topliss-reactive ketones (excluding diaryl/α,β-unsaturated/α-hetero) is 1. The highest BCUT2D eigenvalue weighted by Gasteiger charge is 2.07. The molecule has 0 unspecified atom stereocenters. The molecule has 1 N–H and O–H groups in total. The zero-order chi connectivity index (χ0) is 7.72. The predicted molar refractivity (Wildman–Crippen MR) is 38.3 cm³/mol. The molecule has 10 heavy (non-hydrogen) atoms. The molecule has 1 aromatic rings. The third-order valence-electron chi connectivity index (χ3n) is 1.19. The van der Waals surface area contributed by atoms with Gasteiger partial charge in [0.2, 0.25) is 5.28 Å². The number of ketones is 1. The summed E-state index contributed by atoms with van der Waals surface area (Å²) in [7, 11) is 0. The Hall–Kier alpha value is -0.830. The summed E-state index contributed by atoms with van der Waals surface area (Å²) < 4.78 is 0. The highest BCUT2D eigenvalue weighted by Crippen LogP contribution is 2.08. The van der Waals surface area contributed by atoms with Gasteiger partial charge < -0.3 is 4.98 Å². The van der Waals surface area contributed by atoms with E-state index in [1.54, 1.807) is 6.92 Å². The van der Waals surface area contributed by atoms with E-state index in [1.165, 1.54) is 6.92 Å². The Morgan fingerprint density at radius 3 is 2.50 bits per heavy atom. The van der Waals surface area contributed by atoms with Crippen LogP contribution in [0.25, 0.3) is 0 Å². The topological polar surface area (TPSA) is 45.8 Å². The van der Waals surface area contributed by atoms with Crippen LogP contribution in [0.15, 0.2) is 0 Å². The van der Waals surface area contributed by atoms with Crippen LogP contribution in [0.1, 0.15) is 23.1 Å². The number of imidazole rings is 1. The molecule has 0 aliphatic rings. The van der Waals surface area contributed by atoms with E-state index < -0.39 is 0 Å². The average molecular weight is 159 g/mol. The highest BCUT2D eigenvalue weighted by molar-refractivity contribution is 6.28. The summed E-state index contributed by atoms with van der Waals surface area (Å²) >= 11 is 5.49. The maximum absolute atomic E-state index is 10.7. The van der Waals surface area contributed by atoms with Gasteiger partial charge in [-0.3, -0.25) is 4.79 Å². The van der Waals surface area contributed by atoms with Crippen molar-refractivity contribution < 1.29 is 4.79 Å². The van der Waals surface area contributed by atoms with Gasteiger partial charge in [-0.2, -0.15) is 0 Å². The summed E-state index contributed by atoms with van der Waals surface area (Å²) in [6, 6.07) is 0. The van der Waals surface area contributed by atoms with Crippen LogP contribution in [0.2, 0.25) is 5.28 Å². The second kappa shape index (κ2) is 2.42. The van der Waals surface area contributed by atoms with Crippen LogP contribution in [0.4, 0.5) is 0 Å². The van der Waals surface area contributed by atoms with Crippen LogP contribution in [0, 0.1) is 6.92 Å². The van der Waals surface area contributed by atoms with E-state index in [0.717, 1.165) is 5.69 Å². The van der Waals surface area contributed by atoms with Gasteiger partial charge in [0.25, 0.3) is 0 Å². The third kappa shape index (κ3) is 1.19. The molecule has 54 valence electrons. The third-order valence-corrected chi connectivity index (χ3v) is 1.37. The molecule has 0 saturated heterocycles. The normalized spacial score (nSPS) is 9.90. The maximum atomic E-state index is 10.7. The standard InChI is InChI=1S/C6H7ClN2O/c1-3-5(4(2)10)9-6(7)8-3/h1-2H3,(H,8,9). The Balaban J connectivity index is 3.15. The van der Waals surface area contributed by atoms with Crippen molar-refractivity contribution in [2.45, 2.75) is 13.8 Å². The van der Waals surface area contributed by atoms with Crippen LogP contribution >= 0.6 is 11.6 Å². The molecule has 0 bridgehead atoms. The molecule has 0 aliphatic carbocycles. The van der Waals surface area contributed by atoms with E-state index in [4.69, 9.17) is 11.6 Å². The minimum absolute atomic E-state index is 0.0688. The van der Waals surface area contributed by atoms with Gasteiger partial charge in [0, 0.05) is 12.6 Å². The van der Waals surface area contributed by atoms with Crippen molar-refractivity contribution in [3.63, 3.8) is 0 Å². The fraction of sp³-hybridized carbons (Fsp3) is 0.333. The summed E-state index contributed by atoms with van der Waals surface area (Å²) in [6.07, 6.45) is 0. The van der Waals surface area contributed by atoms with E-state index in [0.29, 0.717) is 5.69 Å². The molecular weight excluding hydrogens is 152 g/mol. The lowest BCUT2D eigenvalue weighted by Crippen LogP contribution is -1.94. The van der Waals surface area contributed by atoms with Crippen molar-refractivity contribution in [1.82, 2.24) is 9.97 Å². The lowest BCUT2D eigenvalue weighted by Gasteiger charge is -1.85. The lowest BCUT2D eigenvalue weighted by molar-refractivity contribution is 0.101. The van der Waals surface area contributed by atoms with E-state index in [2.05, 4.69) is 9.97 Å². The number of carbonyl (C=O) groups is 1. The quantitative estimate of drug-likeness (QED) is 0.631. The average Bonchev–Trinajstić information content (AvgIpc) is 2.10. The molecule has 0 fully saturated rings. The minimum atomic E-state index is -0.0688. The van der Waals surface area contributed by atoms with Crippen LogP contribution in [0.5, 0.6) is 0 Å². The Labute approximate surface area is 63.4 Å². The molecule has 1 heterocycles. The predicted octanol–water partition coefficient (Wildman–Crippen LogP) is 1.57. The van der Waals surface area contributed by atoms with E-state index >= 15 is 0 Å². The van der Waals surface area contributed by atoms with Gasteiger partial charge in [-0.05, 0) is 18.5 Å². The fourth-order valence-electron chi connectivity index (χ4n) is 0.767.